The molecule has 0 amide bonds. The van der Waals surface area contributed by atoms with Gasteiger partial charge in [0.2, 0.25) is 5.78 Å². The fourth-order valence-electron chi connectivity index (χ4n) is 3.91. The Morgan fingerprint density at radius 2 is 1.69 bits per heavy atom. The van der Waals surface area contributed by atoms with Crippen molar-refractivity contribution in [3.63, 3.8) is 0 Å². The highest BCUT2D eigenvalue weighted by atomic mass is 35.5. The molecule has 0 fully saturated rings. The van der Waals surface area contributed by atoms with Gasteiger partial charge in [0.05, 0.1) is 16.6 Å². The lowest BCUT2D eigenvalue weighted by Crippen LogP contribution is -2.23. The standard InChI is InChI=1S/C24H18Cl2N4OS/c1-14-6-5-7-15(2)21(14)30-22(31)18-8-3-4-9-20(18)29-23(30)27-28-24(29)32-13-16-10-11-17(25)12-19(16)26/h3-12H,13H2,1-2H3. The molecule has 160 valence electrons. The molecule has 0 saturated heterocycles. The highest BCUT2D eigenvalue weighted by molar-refractivity contribution is 7.98. The predicted octanol–water partition coefficient (Wildman–Crippen LogP) is 6.25. The fourth-order valence-corrected chi connectivity index (χ4v) is 5.41. The Bertz CT molecular complexity index is 1540. The van der Waals surface area contributed by atoms with Gasteiger partial charge in [-0.1, -0.05) is 71.4 Å². The Morgan fingerprint density at radius 3 is 2.44 bits per heavy atom. The first-order chi connectivity index (χ1) is 15.5. The Kier molecular flexibility index (Phi) is 5.45. The van der Waals surface area contributed by atoms with Crippen LogP contribution >= 0.6 is 35.0 Å². The number of benzene rings is 3. The molecule has 5 rings (SSSR count). The van der Waals surface area contributed by atoms with E-state index in [1.807, 2.05) is 72.8 Å². The Labute approximate surface area is 198 Å². The molecule has 2 heterocycles. The van der Waals surface area contributed by atoms with Gasteiger partial charge in [0.1, 0.15) is 0 Å². The number of nitrogens with zero attached hydrogens (tertiary/aromatic N) is 4. The van der Waals surface area contributed by atoms with Gasteiger partial charge in [0.25, 0.3) is 5.56 Å². The number of aromatic nitrogens is 4. The molecule has 8 heteroatoms. The van der Waals surface area contributed by atoms with E-state index in [1.165, 1.54) is 11.8 Å². The molecule has 0 bridgehead atoms. The van der Waals surface area contributed by atoms with E-state index in [0.717, 1.165) is 27.9 Å². The molecule has 0 atom stereocenters. The number of aryl methyl sites for hydroxylation is 2. The van der Waals surface area contributed by atoms with Crippen molar-refractivity contribution in [2.45, 2.75) is 24.8 Å². The van der Waals surface area contributed by atoms with Gasteiger partial charge >= 0.3 is 0 Å². The SMILES string of the molecule is Cc1cccc(C)c1-n1c(=O)c2ccccc2n2c(SCc3ccc(Cl)cc3Cl)nnc12. The minimum Gasteiger partial charge on any atom is -0.268 e. The highest BCUT2D eigenvalue weighted by Gasteiger charge is 2.20. The van der Waals surface area contributed by atoms with Crippen molar-refractivity contribution >= 4 is 51.6 Å². The van der Waals surface area contributed by atoms with Gasteiger partial charge in [0, 0.05) is 15.8 Å². The topological polar surface area (TPSA) is 52.2 Å². The van der Waals surface area contributed by atoms with Crippen molar-refractivity contribution in [1.29, 1.82) is 0 Å². The first-order valence-corrected chi connectivity index (χ1v) is 11.7. The molecule has 0 radical (unpaired) electrons. The molecule has 0 spiro atoms. The first kappa shape index (κ1) is 21.1. The molecule has 5 aromatic rings. The van der Waals surface area contributed by atoms with Gasteiger partial charge in [-0.05, 0) is 54.8 Å². The summed E-state index contributed by atoms with van der Waals surface area (Å²) < 4.78 is 3.61. The molecular formula is C24H18Cl2N4OS. The second-order valence-corrected chi connectivity index (χ2v) is 9.33. The van der Waals surface area contributed by atoms with Gasteiger partial charge in [-0.15, -0.1) is 10.2 Å². The van der Waals surface area contributed by atoms with Gasteiger partial charge in [-0.2, -0.15) is 0 Å². The number of thioether (sulfide) groups is 1. The van der Waals surface area contributed by atoms with Crippen LogP contribution in [0.2, 0.25) is 10.0 Å². The Morgan fingerprint density at radius 1 is 0.938 bits per heavy atom. The number of fused-ring (bicyclic) bond motifs is 3. The second kappa shape index (κ2) is 8.28. The molecule has 32 heavy (non-hydrogen) atoms. The minimum atomic E-state index is -0.116. The number of hydrogen-bond donors (Lipinski definition) is 0. The third-order valence-electron chi connectivity index (χ3n) is 5.43. The highest BCUT2D eigenvalue weighted by Crippen LogP contribution is 2.30. The van der Waals surface area contributed by atoms with Crippen molar-refractivity contribution in [3.05, 3.63) is 97.8 Å². The first-order valence-electron chi connectivity index (χ1n) is 9.98. The monoisotopic (exact) mass is 480 g/mol. The van der Waals surface area contributed by atoms with Crippen LogP contribution in [0.5, 0.6) is 0 Å². The molecule has 0 aliphatic carbocycles. The summed E-state index contributed by atoms with van der Waals surface area (Å²) >= 11 is 13.9. The fraction of sp³-hybridized carbons (Fsp3) is 0.125. The summed E-state index contributed by atoms with van der Waals surface area (Å²) in [6.45, 7) is 3.99. The number of halogens is 2. The molecule has 0 aliphatic heterocycles. The van der Waals surface area contributed by atoms with Crippen LogP contribution in [-0.4, -0.2) is 19.2 Å². The minimum absolute atomic E-state index is 0.116. The maximum absolute atomic E-state index is 13.6. The van der Waals surface area contributed by atoms with E-state index in [0.29, 0.717) is 32.1 Å². The molecule has 0 aliphatic rings. The summed E-state index contributed by atoms with van der Waals surface area (Å²) in [6.07, 6.45) is 0. The zero-order chi connectivity index (χ0) is 22.4. The van der Waals surface area contributed by atoms with Gasteiger partial charge in [-0.25, -0.2) is 4.57 Å². The summed E-state index contributed by atoms with van der Waals surface area (Å²) in [5.41, 5.74) is 4.42. The molecule has 5 nitrogen and oxygen atoms in total. The number of para-hydroxylation sites is 2. The molecule has 0 unspecified atom stereocenters. The quantitative estimate of drug-likeness (QED) is 0.285. The maximum atomic E-state index is 13.6. The van der Waals surface area contributed by atoms with Crippen molar-refractivity contribution < 1.29 is 0 Å². The average Bonchev–Trinajstić information content (AvgIpc) is 3.19. The van der Waals surface area contributed by atoms with Gasteiger partial charge < -0.3 is 0 Å². The predicted molar refractivity (Wildman–Crippen MR) is 132 cm³/mol. The van der Waals surface area contributed by atoms with E-state index in [2.05, 4.69) is 10.2 Å². The van der Waals surface area contributed by atoms with Crippen LogP contribution in [0.1, 0.15) is 16.7 Å². The van der Waals surface area contributed by atoms with Crippen LogP contribution in [0.25, 0.3) is 22.4 Å². The normalized spacial score (nSPS) is 11.5. The third-order valence-corrected chi connectivity index (χ3v) is 6.99. The van der Waals surface area contributed by atoms with Crippen molar-refractivity contribution in [2.75, 3.05) is 0 Å². The van der Waals surface area contributed by atoms with Gasteiger partial charge in [-0.3, -0.25) is 9.20 Å². The van der Waals surface area contributed by atoms with Crippen LogP contribution < -0.4 is 5.56 Å². The average molecular weight is 481 g/mol. The maximum Gasteiger partial charge on any atom is 0.267 e. The summed E-state index contributed by atoms with van der Waals surface area (Å²) in [5.74, 6) is 1.07. The smallest absolute Gasteiger partial charge is 0.267 e. The van der Waals surface area contributed by atoms with E-state index in [1.54, 1.807) is 10.6 Å². The van der Waals surface area contributed by atoms with Gasteiger partial charge in [0.15, 0.2) is 5.16 Å². The summed E-state index contributed by atoms with van der Waals surface area (Å²) in [4.78, 5) is 13.6. The summed E-state index contributed by atoms with van der Waals surface area (Å²) in [7, 11) is 0. The van der Waals surface area contributed by atoms with Crippen LogP contribution in [-0.2, 0) is 5.75 Å². The Balaban J connectivity index is 1.74. The molecule has 0 N–H and O–H groups in total. The largest absolute Gasteiger partial charge is 0.268 e. The molecule has 0 saturated carbocycles. The van der Waals surface area contributed by atoms with Crippen LogP contribution in [0.3, 0.4) is 0 Å². The zero-order valence-corrected chi connectivity index (χ0v) is 19.7. The zero-order valence-electron chi connectivity index (χ0n) is 17.3. The molecular weight excluding hydrogens is 463 g/mol. The molecule has 2 aromatic heterocycles. The van der Waals surface area contributed by atoms with E-state index in [9.17, 15) is 4.79 Å². The lowest BCUT2D eigenvalue weighted by Gasteiger charge is -2.15. The van der Waals surface area contributed by atoms with Crippen LogP contribution in [0.15, 0.2) is 70.6 Å². The summed E-state index contributed by atoms with van der Waals surface area (Å²) in [5, 5.41) is 11.4. The van der Waals surface area contributed by atoms with Crippen LogP contribution in [0, 0.1) is 13.8 Å². The molecule has 3 aromatic carbocycles. The third kappa shape index (κ3) is 3.48. The summed E-state index contributed by atoms with van der Waals surface area (Å²) in [6, 6.07) is 19.0. The Hall–Kier alpha value is -2.80. The number of rotatable bonds is 4. The van der Waals surface area contributed by atoms with E-state index >= 15 is 0 Å². The van der Waals surface area contributed by atoms with E-state index < -0.39 is 0 Å². The second-order valence-electron chi connectivity index (χ2n) is 7.54. The van der Waals surface area contributed by atoms with E-state index in [-0.39, 0.29) is 5.56 Å². The van der Waals surface area contributed by atoms with Crippen molar-refractivity contribution in [3.8, 4) is 5.69 Å². The van der Waals surface area contributed by atoms with Crippen molar-refractivity contribution in [1.82, 2.24) is 19.2 Å². The lowest BCUT2D eigenvalue weighted by molar-refractivity contribution is 0.925. The number of hydrogen-bond acceptors (Lipinski definition) is 4. The lowest BCUT2D eigenvalue weighted by atomic mass is 10.1. The van der Waals surface area contributed by atoms with Crippen molar-refractivity contribution in [2.24, 2.45) is 0 Å². The van der Waals surface area contributed by atoms with E-state index in [4.69, 9.17) is 23.2 Å². The van der Waals surface area contributed by atoms with Crippen LogP contribution in [0.4, 0.5) is 0 Å².